The number of unbranched alkanes of at least 4 members (excludes halogenated alkanes) is 2. The summed E-state index contributed by atoms with van der Waals surface area (Å²) in [6.07, 6.45) is 3.05. The second kappa shape index (κ2) is 9.66. The molecule has 0 bridgehead atoms. The van der Waals surface area contributed by atoms with Crippen molar-refractivity contribution in [2.45, 2.75) is 52.1 Å². The number of hydrogen-bond donors (Lipinski definition) is 1. The van der Waals surface area contributed by atoms with Crippen LogP contribution in [0.1, 0.15) is 46.5 Å². The van der Waals surface area contributed by atoms with Crippen LogP contribution in [-0.4, -0.2) is 63.0 Å². The van der Waals surface area contributed by atoms with Crippen molar-refractivity contribution in [3.05, 3.63) is 0 Å². The van der Waals surface area contributed by atoms with Crippen LogP contribution in [0.4, 0.5) is 4.79 Å². The van der Waals surface area contributed by atoms with Crippen molar-refractivity contribution in [2.24, 2.45) is 0 Å². The lowest BCUT2D eigenvalue weighted by Gasteiger charge is -2.30. The van der Waals surface area contributed by atoms with E-state index in [1.54, 1.807) is 0 Å². The van der Waals surface area contributed by atoms with E-state index in [0.717, 1.165) is 36.8 Å². The Balaban J connectivity index is 3.77. The number of hydrogen-bond acceptors (Lipinski definition) is 4. The summed E-state index contributed by atoms with van der Waals surface area (Å²) in [6, 6.07) is 0. The molecule has 0 rings (SSSR count). The van der Waals surface area contributed by atoms with Crippen molar-refractivity contribution in [1.82, 2.24) is 5.32 Å². The summed E-state index contributed by atoms with van der Waals surface area (Å²) in [5.41, 5.74) is -0.464. The number of quaternary nitrogens is 1. The van der Waals surface area contributed by atoms with E-state index in [9.17, 15) is 9.59 Å². The fourth-order valence-electron chi connectivity index (χ4n) is 1.97. The van der Waals surface area contributed by atoms with Gasteiger partial charge in [-0.2, -0.15) is 0 Å². The number of methoxy groups -OCH3 is 1. The Bertz CT molecular complexity index is 349. The van der Waals surface area contributed by atoms with Crippen LogP contribution < -0.4 is 5.32 Å². The number of rotatable bonds is 9. The molecule has 0 atom stereocenters. The first-order chi connectivity index (χ1) is 10.1. The molecule has 0 unspecified atom stereocenters. The Hall–Kier alpha value is -1.30. The van der Waals surface area contributed by atoms with Gasteiger partial charge in [0, 0.05) is 6.42 Å². The highest BCUT2D eigenvalue weighted by molar-refractivity contribution is 5.69. The predicted molar refractivity (Wildman–Crippen MR) is 86.6 cm³/mol. The minimum atomic E-state index is -0.464. The molecule has 0 aliphatic rings. The maximum atomic E-state index is 11.6. The van der Waals surface area contributed by atoms with Gasteiger partial charge in [-0.15, -0.1) is 0 Å². The van der Waals surface area contributed by atoms with Gasteiger partial charge in [0.25, 0.3) is 0 Å². The second-order valence-electron chi connectivity index (χ2n) is 7.20. The largest absolute Gasteiger partial charge is 0.469 e. The molecule has 0 aromatic heterocycles. The molecule has 0 aliphatic carbocycles. The molecule has 0 radical (unpaired) electrons. The van der Waals surface area contributed by atoms with Crippen LogP contribution in [0.25, 0.3) is 0 Å². The van der Waals surface area contributed by atoms with Gasteiger partial charge in [0.15, 0.2) is 0 Å². The molecule has 0 aliphatic heterocycles. The summed E-state index contributed by atoms with van der Waals surface area (Å²) in [6.45, 7) is 7.99. The number of likely N-dealkylation sites (N-methyl/N-ethyl adjacent to an activating group) is 1. The van der Waals surface area contributed by atoms with E-state index in [2.05, 4.69) is 24.1 Å². The molecule has 6 nitrogen and oxygen atoms in total. The second-order valence-corrected chi connectivity index (χ2v) is 7.20. The molecule has 0 saturated carbocycles. The summed E-state index contributed by atoms with van der Waals surface area (Å²) in [5.74, 6) is -0.143. The van der Waals surface area contributed by atoms with Crippen LogP contribution in [-0.2, 0) is 14.3 Å². The van der Waals surface area contributed by atoms with E-state index < -0.39 is 5.60 Å². The van der Waals surface area contributed by atoms with Crippen LogP contribution in [0.3, 0.4) is 0 Å². The maximum absolute atomic E-state index is 11.6. The van der Waals surface area contributed by atoms with Gasteiger partial charge in [-0.05, 0) is 40.0 Å². The summed E-state index contributed by atoms with van der Waals surface area (Å²) in [4.78, 5) is 22.5. The number of esters is 1. The molecule has 130 valence electrons. The molecule has 0 heterocycles. The minimum absolute atomic E-state index is 0.143. The highest BCUT2D eigenvalue weighted by Gasteiger charge is 2.18. The van der Waals surface area contributed by atoms with Gasteiger partial charge in [0.1, 0.15) is 5.60 Å². The van der Waals surface area contributed by atoms with Crippen LogP contribution in [0.2, 0.25) is 0 Å². The molecular formula is C16H33N2O4+. The van der Waals surface area contributed by atoms with E-state index in [1.165, 1.54) is 7.11 Å². The number of ether oxygens (including phenoxy) is 2. The summed E-state index contributed by atoms with van der Waals surface area (Å²) in [7, 11) is 5.69. The Morgan fingerprint density at radius 2 is 1.68 bits per heavy atom. The molecule has 1 amide bonds. The summed E-state index contributed by atoms with van der Waals surface area (Å²) < 4.78 is 10.6. The molecule has 0 aromatic rings. The summed E-state index contributed by atoms with van der Waals surface area (Å²) >= 11 is 0. The lowest BCUT2D eigenvalue weighted by Crippen LogP contribution is -2.46. The topological polar surface area (TPSA) is 64.6 Å². The lowest BCUT2D eigenvalue weighted by molar-refractivity contribution is -0.889. The first-order valence-electron chi connectivity index (χ1n) is 7.91. The highest BCUT2D eigenvalue weighted by atomic mass is 16.6. The van der Waals surface area contributed by atoms with Gasteiger partial charge in [-0.1, -0.05) is 0 Å². The molecule has 0 aromatic carbocycles. The first kappa shape index (κ1) is 20.7. The SMILES string of the molecule is COC(=O)CCCCC[N+](C)(C)CCNC(=O)OC(C)(C)C. The third-order valence-electron chi connectivity index (χ3n) is 3.26. The fraction of sp³-hybridized carbons (Fsp3) is 0.875. The third kappa shape index (κ3) is 12.4. The van der Waals surface area contributed by atoms with E-state index >= 15 is 0 Å². The van der Waals surface area contributed by atoms with E-state index in [1.807, 2.05) is 20.8 Å². The van der Waals surface area contributed by atoms with Crippen molar-refractivity contribution in [3.63, 3.8) is 0 Å². The van der Waals surface area contributed by atoms with Gasteiger partial charge < -0.3 is 19.3 Å². The predicted octanol–water partition coefficient (Wildman–Crippen LogP) is 2.32. The molecule has 0 spiro atoms. The highest BCUT2D eigenvalue weighted by Crippen LogP contribution is 2.07. The standard InChI is InChI=1S/C16H32N2O4/c1-16(2,3)22-15(20)17-11-13-18(4,5)12-9-7-8-10-14(19)21-6/h7-13H2,1-6H3/p+1. The third-order valence-corrected chi connectivity index (χ3v) is 3.26. The van der Waals surface area contributed by atoms with Crippen LogP contribution >= 0.6 is 0 Å². The molecule has 6 heteroatoms. The first-order valence-corrected chi connectivity index (χ1v) is 7.91. The zero-order valence-electron chi connectivity index (χ0n) is 15.0. The zero-order chi connectivity index (χ0) is 17.2. The van der Waals surface area contributed by atoms with E-state index in [-0.39, 0.29) is 12.1 Å². The lowest BCUT2D eigenvalue weighted by atomic mass is 10.2. The average molecular weight is 317 g/mol. The number of nitrogens with one attached hydrogen (secondary N) is 1. The molecule has 0 fully saturated rings. The van der Waals surface area contributed by atoms with Gasteiger partial charge in [0.05, 0.1) is 40.8 Å². The Labute approximate surface area is 134 Å². The van der Waals surface area contributed by atoms with E-state index in [4.69, 9.17) is 4.74 Å². The maximum Gasteiger partial charge on any atom is 0.407 e. The van der Waals surface area contributed by atoms with Crippen molar-refractivity contribution < 1.29 is 23.5 Å². The number of carbonyl (C=O) groups is 2. The Morgan fingerprint density at radius 3 is 2.23 bits per heavy atom. The molecule has 0 saturated heterocycles. The normalized spacial score (nSPS) is 11.9. The number of nitrogens with zero attached hydrogens (tertiary/aromatic N) is 1. The number of carbonyl (C=O) groups excluding carboxylic acids is 2. The summed E-state index contributed by atoms with van der Waals surface area (Å²) in [5, 5.41) is 2.78. The Morgan fingerprint density at radius 1 is 1.05 bits per heavy atom. The average Bonchev–Trinajstić information content (AvgIpc) is 2.35. The quantitative estimate of drug-likeness (QED) is 0.403. The van der Waals surface area contributed by atoms with Gasteiger partial charge in [0.2, 0.25) is 0 Å². The fourth-order valence-corrected chi connectivity index (χ4v) is 1.97. The van der Waals surface area contributed by atoms with Crippen molar-refractivity contribution >= 4 is 12.1 Å². The van der Waals surface area contributed by atoms with Crippen molar-refractivity contribution in [3.8, 4) is 0 Å². The monoisotopic (exact) mass is 317 g/mol. The van der Waals surface area contributed by atoms with Crippen LogP contribution in [0.5, 0.6) is 0 Å². The minimum Gasteiger partial charge on any atom is -0.469 e. The zero-order valence-corrected chi connectivity index (χ0v) is 15.0. The van der Waals surface area contributed by atoms with Crippen molar-refractivity contribution in [2.75, 3.05) is 40.8 Å². The van der Waals surface area contributed by atoms with Gasteiger partial charge >= 0.3 is 12.1 Å². The Kier molecular flexibility index (Phi) is 9.09. The van der Waals surface area contributed by atoms with Crippen LogP contribution in [0.15, 0.2) is 0 Å². The van der Waals surface area contributed by atoms with E-state index in [0.29, 0.717) is 13.0 Å². The van der Waals surface area contributed by atoms with Gasteiger partial charge in [-0.25, -0.2) is 4.79 Å². The molecular weight excluding hydrogens is 284 g/mol. The number of alkyl carbamates (subject to hydrolysis) is 1. The van der Waals surface area contributed by atoms with Gasteiger partial charge in [-0.3, -0.25) is 4.79 Å². The van der Waals surface area contributed by atoms with Crippen molar-refractivity contribution in [1.29, 1.82) is 0 Å². The number of amides is 1. The smallest absolute Gasteiger partial charge is 0.407 e. The van der Waals surface area contributed by atoms with Crippen LogP contribution in [0, 0.1) is 0 Å². The molecule has 1 N–H and O–H groups in total. The molecule has 22 heavy (non-hydrogen) atoms.